The number of rotatable bonds is 8. The molecule has 11 heteroatoms. The third kappa shape index (κ3) is 6.84. The van der Waals surface area contributed by atoms with Gasteiger partial charge in [-0.05, 0) is 35.7 Å². The zero-order valence-corrected chi connectivity index (χ0v) is 18.8. The number of amides is 1. The number of nitrogens with zero attached hydrogens (tertiary/aromatic N) is 1. The van der Waals surface area contributed by atoms with Crippen molar-refractivity contribution in [2.45, 2.75) is 39.3 Å². The Hall–Kier alpha value is -3.34. The van der Waals surface area contributed by atoms with E-state index >= 15 is 0 Å². The highest BCUT2D eigenvalue weighted by Crippen LogP contribution is 2.33. The number of carbonyl (C=O) groups excluding carboxylic acids is 1. The molecule has 35 heavy (non-hydrogen) atoms. The van der Waals surface area contributed by atoms with E-state index < -0.39 is 29.4 Å². The van der Waals surface area contributed by atoms with Crippen LogP contribution in [0.25, 0.3) is 11.3 Å². The normalized spacial score (nSPS) is 12.3. The van der Waals surface area contributed by atoms with Gasteiger partial charge in [0.2, 0.25) is 0 Å². The molecule has 0 atom stereocenters. The summed E-state index contributed by atoms with van der Waals surface area (Å²) < 4.78 is 82.3. The number of hydrogen-bond donors (Lipinski definition) is 2. The van der Waals surface area contributed by atoms with Crippen molar-refractivity contribution in [3.05, 3.63) is 76.5 Å². The minimum atomic E-state index is -4.51. The van der Waals surface area contributed by atoms with E-state index in [0.29, 0.717) is 23.2 Å². The summed E-state index contributed by atoms with van der Waals surface area (Å²) in [6.45, 7) is 4.39. The molecule has 0 radical (unpaired) electrons. The monoisotopic (exact) mass is 499 g/mol. The van der Waals surface area contributed by atoms with Crippen molar-refractivity contribution < 1.29 is 35.7 Å². The standard InChI is InChI=1S/C24H23F6N3O2/c1-14(2)11-32-22(34)20-19(13-31-12-15-3-7-17(8-4-15)23(25,26)27)21(35-33-20)16-5-9-18(10-6-16)24(28,29)30/h3-10,14,31H,11-13H2,1-2H3,(H,32,34). The van der Waals surface area contributed by atoms with Crippen LogP contribution in [-0.2, 0) is 25.4 Å². The van der Waals surface area contributed by atoms with Gasteiger partial charge in [0.25, 0.3) is 5.91 Å². The van der Waals surface area contributed by atoms with Gasteiger partial charge < -0.3 is 15.2 Å². The lowest BCUT2D eigenvalue weighted by Gasteiger charge is -2.10. The van der Waals surface area contributed by atoms with Crippen molar-refractivity contribution in [2.75, 3.05) is 6.54 Å². The summed E-state index contributed by atoms with van der Waals surface area (Å²) in [5.41, 5.74) is -0.457. The first-order valence-corrected chi connectivity index (χ1v) is 10.7. The molecule has 188 valence electrons. The molecule has 0 saturated carbocycles. The molecule has 0 spiro atoms. The minimum Gasteiger partial charge on any atom is -0.355 e. The van der Waals surface area contributed by atoms with Gasteiger partial charge in [-0.1, -0.05) is 43.3 Å². The zero-order valence-electron chi connectivity index (χ0n) is 18.8. The summed E-state index contributed by atoms with van der Waals surface area (Å²) in [4.78, 5) is 12.6. The molecule has 3 aromatic rings. The van der Waals surface area contributed by atoms with Gasteiger partial charge in [0.05, 0.1) is 11.1 Å². The maximum absolute atomic E-state index is 12.9. The molecule has 1 aromatic heterocycles. The van der Waals surface area contributed by atoms with E-state index in [2.05, 4.69) is 15.8 Å². The van der Waals surface area contributed by atoms with Crippen LogP contribution in [0.5, 0.6) is 0 Å². The Bertz CT molecular complexity index is 1130. The Morgan fingerprint density at radius 3 is 1.94 bits per heavy atom. The van der Waals surface area contributed by atoms with Crippen LogP contribution in [0.2, 0.25) is 0 Å². The first-order chi connectivity index (χ1) is 16.4. The summed E-state index contributed by atoms with van der Waals surface area (Å²) in [7, 11) is 0. The maximum Gasteiger partial charge on any atom is 0.416 e. The predicted octanol–water partition coefficient (Wildman–Crippen LogP) is 6.05. The van der Waals surface area contributed by atoms with E-state index in [4.69, 9.17) is 4.52 Å². The Morgan fingerprint density at radius 2 is 1.43 bits per heavy atom. The second-order valence-electron chi connectivity index (χ2n) is 8.32. The van der Waals surface area contributed by atoms with Crippen molar-refractivity contribution in [1.82, 2.24) is 15.8 Å². The quantitative estimate of drug-likeness (QED) is 0.370. The Morgan fingerprint density at radius 1 is 0.886 bits per heavy atom. The highest BCUT2D eigenvalue weighted by molar-refractivity contribution is 5.95. The highest BCUT2D eigenvalue weighted by atomic mass is 19.4. The summed E-state index contributed by atoms with van der Waals surface area (Å²) in [6, 6.07) is 8.83. The van der Waals surface area contributed by atoms with Gasteiger partial charge in [-0.3, -0.25) is 4.79 Å². The van der Waals surface area contributed by atoms with Crippen LogP contribution in [0.3, 0.4) is 0 Å². The van der Waals surface area contributed by atoms with Crippen LogP contribution in [0.15, 0.2) is 53.1 Å². The van der Waals surface area contributed by atoms with E-state index in [1.807, 2.05) is 13.8 Å². The molecule has 1 amide bonds. The fourth-order valence-electron chi connectivity index (χ4n) is 3.21. The van der Waals surface area contributed by atoms with Crippen LogP contribution in [0.1, 0.15) is 46.6 Å². The molecule has 0 aliphatic heterocycles. The van der Waals surface area contributed by atoms with Crippen LogP contribution >= 0.6 is 0 Å². The van der Waals surface area contributed by atoms with E-state index in [1.165, 1.54) is 24.3 Å². The Labute approximate surface area is 197 Å². The molecule has 0 aliphatic rings. The van der Waals surface area contributed by atoms with Gasteiger partial charge in [-0.2, -0.15) is 26.3 Å². The third-order valence-corrected chi connectivity index (χ3v) is 5.06. The van der Waals surface area contributed by atoms with E-state index in [-0.39, 0.29) is 30.5 Å². The Kier molecular flexibility index (Phi) is 7.89. The number of halogens is 6. The first-order valence-electron chi connectivity index (χ1n) is 10.7. The molecule has 0 aliphatic carbocycles. The van der Waals surface area contributed by atoms with Crippen molar-refractivity contribution in [3.8, 4) is 11.3 Å². The highest BCUT2D eigenvalue weighted by Gasteiger charge is 2.31. The average Bonchev–Trinajstić information content (AvgIpc) is 3.20. The van der Waals surface area contributed by atoms with Gasteiger partial charge in [0.15, 0.2) is 11.5 Å². The molecular weight excluding hydrogens is 476 g/mol. The van der Waals surface area contributed by atoms with E-state index in [9.17, 15) is 31.1 Å². The summed E-state index contributed by atoms with van der Waals surface area (Å²) >= 11 is 0. The number of nitrogens with one attached hydrogen (secondary N) is 2. The maximum atomic E-state index is 12.9. The molecule has 1 heterocycles. The molecule has 0 fully saturated rings. The van der Waals surface area contributed by atoms with Crippen molar-refractivity contribution in [1.29, 1.82) is 0 Å². The van der Waals surface area contributed by atoms with Crippen LogP contribution in [-0.4, -0.2) is 17.6 Å². The molecular formula is C24H23F6N3O2. The predicted molar refractivity (Wildman–Crippen MR) is 116 cm³/mol. The number of aromatic nitrogens is 1. The SMILES string of the molecule is CC(C)CNC(=O)c1noc(-c2ccc(C(F)(F)F)cc2)c1CNCc1ccc(C(F)(F)F)cc1. The zero-order chi connectivity index (χ0) is 25.8. The topological polar surface area (TPSA) is 67.2 Å². The van der Waals surface area contributed by atoms with Crippen LogP contribution < -0.4 is 10.6 Å². The van der Waals surface area contributed by atoms with Gasteiger partial charge in [0.1, 0.15) is 0 Å². The van der Waals surface area contributed by atoms with Gasteiger partial charge in [-0.25, -0.2) is 0 Å². The number of hydrogen-bond acceptors (Lipinski definition) is 4. The number of alkyl halides is 6. The van der Waals surface area contributed by atoms with E-state index in [0.717, 1.165) is 24.3 Å². The summed E-state index contributed by atoms with van der Waals surface area (Å²) in [5.74, 6) is -0.221. The molecule has 5 nitrogen and oxygen atoms in total. The molecule has 2 N–H and O–H groups in total. The first kappa shape index (κ1) is 26.3. The van der Waals surface area contributed by atoms with Gasteiger partial charge in [-0.15, -0.1) is 0 Å². The lowest BCUT2D eigenvalue weighted by atomic mass is 10.0. The van der Waals surface area contributed by atoms with Gasteiger partial charge >= 0.3 is 12.4 Å². The van der Waals surface area contributed by atoms with Crippen molar-refractivity contribution in [2.24, 2.45) is 5.92 Å². The fraction of sp³-hybridized carbons (Fsp3) is 0.333. The Balaban J connectivity index is 1.82. The second kappa shape index (κ2) is 10.5. The van der Waals surface area contributed by atoms with Crippen molar-refractivity contribution >= 4 is 5.91 Å². The molecule has 3 rings (SSSR count). The summed E-state index contributed by atoms with van der Waals surface area (Å²) in [5, 5.41) is 9.58. The lowest BCUT2D eigenvalue weighted by Crippen LogP contribution is -2.29. The lowest BCUT2D eigenvalue weighted by molar-refractivity contribution is -0.138. The molecule has 2 aromatic carbocycles. The second-order valence-corrected chi connectivity index (χ2v) is 8.32. The van der Waals surface area contributed by atoms with E-state index in [1.54, 1.807) is 0 Å². The molecule has 0 unspecified atom stereocenters. The van der Waals surface area contributed by atoms with Crippen LogP contribution in [0.4, 0.5) is 26.3 Å². The largest absolute Gasteiger partial charge is 0.416 e. The van der Waals surface area contributed by atoms with Crippen molar-refractivity contribution in [3.63, 3.8) is 0 Å². The molecule has 0 bridgehead atoms. The average molecular weight is 499 g/mol. The fourth-order valence-corrected chi connectivity index (χ4v) is 3.21. The van der Waals surface area contributed by atoms with Crippen LogP contribution in [0, 0.1) is 5.92 Å². The smallest absolute Gasteiger partial charge is 0.355 e. The number of benzene rings is 2. The third-order valence-electron chi connectivity index (χ3n) is 5.06. The number of carbonyl (C=O) groups is 1. The minimum absolute atomic E-state index is 0.0273. The van der Waals surface area contributed by atoms with Gasteiger partial charge in [0, 0.05) is 30.8 Å². The molecule has 0 saturated heterocycles. The summed E-state index contributed by atoms with van der Waals surface area (Å²) in [6.07, 6.45) is -8.95.